The van der Waals surface area contributed by atoms with Crippen molar-refractivity contribution in [3.05, 3.63) is 35.4 Å². The van der Waals surface area contributed by atoms with Crippen molar-refractivity contribution in [1.29, 1.82) is 0 Å². The van der Waals surface area contributed by atoms with Gasteiger partial charge in [0.2, 0.25) is 0 Å². The zero-order chi connectivity index (χ0) is 17.3. The molecule has 2 aliphatic heterocycles. The van der Waals surface area contributed by atoms with Gasteiger partial charge in [-0.1, -0.05) is 29.8 Å². The van der Waals surface area contributed by atoms with Crippen LogP contribution in [0.4, 0.5) is 4.79 Å². The first-order chi connectivity index (χ1) is 11.4. The number of likely N-dealkylation sites (tertiary alicyclic amines) is 1. The van der Waals surface area contributed by atoms with Gasteiger partial charge in [-0.3, -0.25) is 9.69 Å². The third-order valence-corrected chi connectivity index (χ3v) is 5.58. The van der Waals surface area contributed by atoms with E-state index in [1.807, 2.05) is 6.92 Å². The molecule has 130 valence electrons. The Morgan fingerprint density at radius 3 is 2.58 bits per heavy atom. The Hall–Kier alpha value is -1.88. The minimum absolute atomic E-state index is 0.0992. The number of nitrogens with one attached hydrogen (secondary N) is 1. The minimum atomic E-state index is -0.756. The van der Waals surface area contributed by atoms with Crippen molar-refractivity contribution in [2.24, 2.45) is 5.92 Å². The normalized spacial score (nSPS) is 28.3. The number of hydrogen-bond donors (Lipinski definition) is 1. The Morgan fingerprint density at radius 1 is 1.25 bits per heavy atom. The number of hydrogen-bond acceptors (Lipinski definition) is 3. The molecule has 1 aromatic carbocycles. The van der Waals surface area contributed by atoms with Gasteiger partial charge in [-0.2, -0.15) is 0 Å². The number of urea groups is 1. The molecule has 0 saturated carbocycles. The van der Waals surface area contributed by atoms with Gasteiger partial charge in [0, 0.05) is 26.1 Å². The number of piperidine rings is 1. The summed E-state index contributed by atoms with van der Waals surface area (Å²) in [4.78, 5) is 28.0. The van der Waals surface area contributed by atoms with Crippen LogP contribution in [0.2, 0.25) is 0 Å². The van der Waals surface area contributed by atoms with Crippen LogP contribution in [0.15, 0.2) is 24.3 Å². The second kappa shape index (κ2) is 6.55. The predicted molar refractivity (Wildman–Crippen MR) is 93.8 cm³/mol. The molecule has 0 aromatic heterocycles. The van der Waals surface area contributed by atoms with Gasteiger partial charge in [-0.15, -0.1) is 0 Å². The molecule has 0 unspecified atom stereocenters. The maximum atomic E-state index is 12.5. The van der Waals surface area contributed by atoms with Crippen molar-refractivity contribution < 1.29 is 9.59 Å². The molecule has 3 rings (SSSR count). The predicted octanol–water partition coefficient (Wildman–Crippen LogP) is 2.19. The number of amides is 3. The lowest BCUT2D eigenvalue weighted by atomic mass is 9.80. The molecule has 2 heterocycles. The van der Waals surface area contributed by atoms with Gasteiger partial charge >= 0.3 is 6.03 Å². The summed E-state index contributed by atoms with van der Waals surface area (Å²) in [6.07, 6.45) is 3.07. The van der Waals surface area contributed by atoms with Crippen LogP contribution in [0.5, 0.6) is 0 Å². The van der Waals surface area contributed by atoms with E-state index in [9.17, 15) is 9.59 Å². The van der Waals surface area contributed by atoms with Crippen molar-refractivity contribution in [2.75, 3.05) is 26.7 Å². The van der Waals surface area contributed by atoms with Crippen molar-refractivity contribution in [3.63, 3.8) is 0 Å². The van der Waals surface area contributed by atoms with Crippen LogP contribution in [0.25, 0.3) is 0 Å². The van der Waals surface area contributed by atoms with Crippen molar-refractivity contribution in [2.45, 2.75) is 38.6 Å². The van der Waals surface area contributed by atoms with E-state index in [-0.39, 0.29) is 17.9 Å². The highest BCUT2D eigenvalue weighted by Crippen LogP contribution is 2.32. The lowest BCUT2D eigenvalue weighted by molar-refractivity contribution is -0.132. The lowest BCUT2D eigenvalue weighted by Crippen LogP contribution is -2.55. The molecule has 2 atom stereocenters. The van der Waals surface area contributed by atoms with E-state index in [0.29, 0.717) is 0 Å². The molecule has 2 saturated heterocycles. The molecule has 1 aromatic rings. The van der Waals surface area contributed by atoms with E-state index < -0.39 is 5.54 Å². The zero-order valence-electron chi connectivity index (χ0n) is 14.8. The first kappa shape index (κ1) is 17.0. The number of imide groups is 1. The van der Waals surface area contributed by atoms with Crippen LogP contribution in [-0.2, 0) is 11.2 Å². The maximum absolute atomic E-state index is 12.5. The summed E-state index contributed by atoms with van der Waals surface area (Å²) in [6, 6.07) is 8.40. The van der Waals surface area contributed by atoms with Crippen LogP contribution in [0.3, 0.4) is 0 Å². The fourth-order valence-electron chi connectivity index (χ4n) is 3.85. The van der Waals surface area contributed by atoms with Gasteiger partial charge < -0.3 is 10.2 Å². The van der Waals surface area contributed by atoms with Gasteiger partial charge in [0.05, 0.1) is 0 Å². The van der Waals surface area contributed by atoms with E-state index in [2.05, 4.69) is 41.4 Å². The molecule has 3 amide bonds. The molecule has 5 nitrogen and oxygen atoms in total. The highest BCUT2D eigenvalue weighted by molar-refractivity contribution is 6.06. The topological polar surface area (TPSA) is 52.7 Å². The van der Waals surface area contributed by atoms with E-state index in [1.165, 1.54) is 16.0 Å². The van der Waals surface area contributed by atoms with Crippen molar-refractivity contribution in [3.8, 4) is 0 Å². The van der Waals surface area contributed by atoms with Gasteiger partial charge in [0.1, 0.15) is 5.54 Å². The highest BCUT2D eigenvalue weighted by Gasteiger charge is 2.51. The Labute approximate surface area is 144 Å². The van der Waals surface area contributed by atoms with Crippen LogP contribution >= 0.6 is 0 Å². The summed E-state index contributed by atoms with van der Waals surface area (Å²) in [6.45, 7) is 6.90. The van der Waals surface area contributed by atoms with E-state index in [4.69, 9.17) is 0 Å². The molecule has 0 bridgehead atoms. The third-order valence-electron chi connectivity index (χ3n) is 5.58. The van der Waals surface area contributed by atoms with E-state index in [1.54, 1.807) is 7.05 Å². The third kappa shape index (κ3) is 3.18. The Balaban J connectivity index is 1.61. The molecule has 0 aliphatic carbocycles. The fourth-order valence-corrected chi connectivity index (χ4v) is 3.85. The molecule has 0 spiro atoms. The van der Waals surface area contributed by atoms with E-state index >= 15 is 0 Å². The molecule has 0 radical (unpaired) electrons. The number of nitrogens with zero attached hydrogens (tertiary/aromatic N) is 2. The summed E-state index contributed by atoms with van der Waals surface area (Å²) in [5.41, 5.74) is 1.87. The SMILES string of the molecule is Cc1ccc(CCN2CCC[C@@H]([C@]3(C)NC(=O)N(C)C3=O)C2)cc1. The summed E-state index contributed by atoms with van der Waals surface area (Å²) in [5, 5.41) is 2.91. The lowest BCUT2D eigenvalue weighted by Gasteiger charge is -2.39. The molecule has 1 N–H and O–H groups in total. The summed E-state index contributed by atoms with van der Waals surface area (Å²) < 4.78 is 0. The average molecular weight is 329 g/mol. The highest BCUT2D eigenvalue weighted by atomic mass is 16.2. The number of benzene rings is 1. The van der Waals surface area contributed by atoms with Gasteiger partial charge in [-0.25, -0.2) is 4.79 Å². The van der Waals surface area contributed by atoms with Gasteiger partial charge in [0.15, 0.2) is 0 Å². The first-order valence-electron chi connectivity index (χ1n) is 8.78. The second-order valence-electron chi connectivity index (χ2n) is 7.37. The largest absolute Gasteiger partial charge is 0.324 e. The summed E-state index contributed by atoms with van der Waals surface area (Å²) in [7, 11) is 1.56. The number of carbonyl (C=O) groups is 2. The zero-order valence-corrected chi connectivity index (χ0v) is 14.8. The van der Waals surface area contributed by atoms with Crippen molar-refractivity contribution >= 4 is 11.9 Å². The number of likely N-dealkylation sites (N-methyl/N-ethyl adjacent to an activating group) is 1. The van der Waals surface area contributed by atoms with Crippen molar-refractivity contribution in [1.82, 2.24) is 15.1 Å². The van der Waals surface area contributed by atoms with Crippen LogP contribution < -0.4 is 5.32 Å². The summed E-state index contributed by atoms with van der Waals surface area (Å²) in [5.74, 6) is 0.0727. The Bertz CT molecular complexity index is 628. The fraction of sp³-hybridized carbons (Fsp3) is 0.579. The minimum Gasteiger partial charge on any atom is -0.323 e. The monoisotopic (exact) mass is 329 g/mol. The van der Waals surface area contributed by atoms with Gasteiger partial charge in [-0.05, 0) is 45.2 Å². The molecular weight excluding hydrogens is 302 g/mol. The molecule has 2 aliphatic rings. The standard InChI is InChI=1S/C19H27N3O2/c1-14-6-8-15(9-7-14)10-12-22-11-4-5-16(13-22)19(2)17(23)21(3)18(24)20-19/h6-9,16H,4-5,10-13H2,1-3H3,(H,20,24)/t16-,19+/m1/s1. The smallest absolute Gasteiger partial charge is 0.323 e. The number of aryl methyl sites for hydroxylation is 1. The first-order valence-corrected chi connectivity index (χ1v) is 8.78. The maximum Gasteiger partial charge on any atom is 0.324 e. The molecule has 5 heteroatoms. The second-order valence-corrected chi connectivity index (χ2v) is 7.37. The molecule has 24 heavy (non-hydrogen) atoms. The molecular formula is C19H27N3O2. The van der Waals surface area contributed by atoms with Crippen LogP contribution in [0, 0.1) is 12.8 Å². The van der Waals surface area contributed by atoms with Crippen LogP contribution in [-0.4, -0.2) is 54.0 Å². The Kier molecular flexibility index (Phi) is 4.63. The number of carbonyl (C=O) groups excluding carboxylic acids is 2. The Morgan fingerprint density at radius 2 is 1.96 bits per heavy atom. The average Bonchev–Trinajstić information content (AvgIpc) is 2.79. The summed E-state index contributed by atoms with van der Waals surface area (Å²) >= 11 is 0. The van der Waals surface area contributed by atoms with Crippen LogP contribution in [0.1, 0.15) is 30.9 Å². The van der Waals surface area contributed by atoms with Gasteiger partial charge in [0.25, 0.3) is 5.91 Å². The van der Waals surface area contributed by atoms with E-state index in [0.717, 1.165) is 38.9 Å². The number of rotatable bonds is 4. The quantitative estimate of drug-likeness (QED) is 0.862. The molecule has 2 fully saturated rings.